The largest absolute Gasteiger partial charge is 0.420 e. The number of pyridine rings is 2. The van der Waals surface area contributed by atoms with Gasteiger partial charge in [-0.15, -0.1) is 0 Å². The van der Waals surface area contributed by atoms with Crippen molar-refractivity contribution < 1.29 is 13.2 Å². The van der Waals surface area contributed by atoms with Crippen LogP contribution in [0.1, 0.15) is 25.1 Å². The molecule has 1 aliphatic heterocycles. The average Bonchev–Trinajstić information content (AvgIpc) is 3.11. The standard InChI is InChI=1S/C23H23F3N6O/c1-13-8-30(9-14(2)27-13)17-4-5-20-29-19(7-21(33)32(20)12-17)16-6-18(23(24,25)26)22-28-15(3)10-31(22)11-16/h4-7,10-14,27H,8-9H2,1-3H3. The van der Waals surface area contributed by atoms with Crippen molar-refractivity contribution in [3.8, 4) is 11.3 Å². The van der Waals surface area contributed by atoms with Gasteiger partial charge in [-0.3, -0.25) is 9.20 Å². The van der Waals surface area contributed by atoms with Crippen LogP contribution in [0.2, 0.25) is 0 Å². The SMILES string of the molecule is Cc1cn2cc(-c3cc(=O)n4cc(N5CC(C)NC(C)C5)ccc4n3)cc(C(F)(F)F)c2n1. The maximum Gasteiger partial charge on any atom is 0.420 e. The molecule has 2 atom stereocenters. The van der Waals surface area contributed by atoms with E-state index in [0.717, 1.165) is 24.8 Å². The van der Waals surface area contributed by atoms with Gasteiger partial charge in [0.15, 0.2) is 0 Å². The van der Waals surface area contributed by atoms with E-state index >= 15 is 0 Å². The lowest BCUT2D eigenvalue weighted by Gasteiger charge is -2.37. The maximum absolute atomic E-state index is 13.7. The highest BCUT2D eigenvalue weighted by atomic mass is 19.4. The summed E-state index contributed by atoms with van der Waals surface area (Å²) in [4.78, 5) is 23.6. The van der Waals surface area contributed by atoms with Crippen LogP contribution in [-0.4, -0.2) is 43.9 Å². The van der Waals surface area contributed by atoms with E-state index in [2.05, 4.69) is 34.0 Å². The Balaban J connectivity index is 1.60. The lowest BCUT2D eigenvalue weighted by molar-refractivity contribution is -0.136. The lowest BCUT2D eigenvalue weighted by atomic mass is 10.1. The molecular formula is C23H23F3N6O. The zero-order chi connectivity index (χ0) is 23.5. The van der Waals surface area contributed by atoms with Crippen LogP contribution in [0.25, 0.3) is 22.6 Å². The minimum atomic E-state index is -4.59. The quantitative estimate of drug-likeness (QED) is 0.500. The summed E-state index contributed by atoms with van der Waals surface area (Å²) >= 11 is 0. The van der Waals surface area contributed by atoms with E-state index in [1.54, 1.807) is 19.2 Å². The van der Waals surface area contributed by atoms with Crippen molar-refractivity contribution in [3.05, 3.63) is 64.5 Å². The predicted molar refractivity (Wildman–Crippen MR) is 120 cm³/mol. The van der Waals surface area contributed by atoms with E-state index in [1.165, 1.54) is 27.3 Å². The number of aryl methyl sites for hydroxylation is 1. The van der Waals surface area contributed by atoms with Crippen LogP contribution in [0, 0.1) is 6.92 Å². The highest BCUT2D eigenvalue weighted by Gasteiger charge is 2.35. The van der Waals surface area contributed by atoms with Gasteiger partial charge >= 0.3 is 6.18 Å². The minimum Gasteiger partial charge on any atom is -0.367 e. The highest BCUT2D eigenvalue weighted by Crippen LogP contribution is 2.35. The van der Waals surface area contributed by atoms with Crippen LogP contribution in [0.4, 0.5) is 18.9 Å². The molecule has 33 heavy (non-hydrogen) atoms. The Labute approximate surface area is 187 Å². The van der Waals surface area contributed by atoms with Gasteiger partial charge in [-0.1, -0.05) is 0 Å². The molecule has 2 unspecified atom stereocenters. The number of piperazine rings is 1. The van der Waals surface area contributed by atoms with Crippen LogP contribution >= 0.6 is 0 Å². The number of nitrogens with one attached hydrogen (secondary N) is 1. The molecular weight excluding hydrogens is 433 g/mol. The summed E-state index contributed by atoms with van der Waals surface area (Å²) in [5.41, 5.74) is 0.702. The van der Waals surface area contributed by atoms with Crippen LogP contribution < -0.4 is 15.8 Å². The number of alkyl halides is 3. The Morgan fingerprint density at radius 3 is 2.45 bits per heavy atom. The summed E-state index contributed by atoms with van der Waals surface area (Å²) in [5, 5.41) is 3.47. The van der Waals surface area contributed by atoms with E-state index in [4.69, 9.17) is 0 Å². The van der Waals surface area contributed by atoms with Crippen molar-refractivity contribution in [2.24, 2.45) is 0 Å². The van der Waals surface area contributed by atoms with Crippen LogP contribution in [0.3, 0.4) is 0 Å². The number of nitrogens with zero attached hydrogens (tertiary/aromatic N) is 5. The maximum atomic E-state index is 13.7. The molecule has 4 aromatic heterocycles. The summed E-state index contributed by atoms with van der Waals surface area (Å²) in [6.07, 6.45) is 0.181. The molecule has 5 heterocycles. The van der Waals surface area contributed by atoms with E-state index in [-0.39, 0.29) is 22.5 Å². The van der Waals surface area contributed by atoms with Gasteiger partial charge in [-0.2, -0.15) is 13.2 Å². The highest BCUT2D eigenvalue weighted by molar-refractivity contribution is 5.67. The minimum absolute atomic E-state index is 0.176. The normalized spacial score (nSPS) is 19.5. The second-order valence-corrected chi connectivity index (χ2v) is 8.72. The number of rotatable bonds is 2. The van der Waals surface area contributed by atoms with Crippen LogP contribution in [-0.2, 0) is 6.18 Å². The van der Waals surface area contributed by atoms with E-state index in [9.17, 15) is 18.0 Å². The fourth-order valence-electron chi connectivity index (χ4n) is 4.53. The Morgan fingerprint density at radius 1 is 1.03 bits per heavy atom. The average molecular weight is 456 g/mol. The Hall–Kier alpha value is -3.40. The van der Waals surface area contributed by atoms with Gasteiger partial charge < -0.3 is 14.6 Å². The summed E-state index contributed by atoms with van der Waals surface area (Å²) < 4.78 is 43.8. The molecule has 0 saturated carbocycles. The second-order valence-electron chi connectivity index (χ2n) is 8.72. The molecule has 0 radical (unpaired) electrons. The zero-order valence-electron chi connectivity index (χ0n) is 18.4. The topological polar surface area (TPSA) is 66.9 Å². The second kappa shape index (κ2) is 7.58. The molecule has 1 fully saturated rings. The Morgan fingerprint density at radius 2 is 1.76 bits per heavy atom. The Bertz CT molecular complexity index is 1410. The number of hydrogen-bond acceptors (Lipinski definition) is 5. The van der Waals surface area contributed by atoms with Gasteiger partial charge in [0.05, 0.1) is 22.6 Å². The molecule has 0 aliphatic carbocycles. The third-order valence-electron chi connectivity index (χ3n) is 5.84. The van der Waals surface area contributed by atoms with Gasteiger partial charge in [0, 0.05) is 55.4 Å². The molecule has 10 heteroatoms. The van der Waals surface area contributed by atoms with Crippen LogP contribution in [0.5, 0.6) is 0 Å². The van der Waals surface area contributed by atoms with Crippen molar-refractivity contribution in [1.29, 1.82) is 0 Å². The summed E-state index contributed by atoms with van der Waals surface area (Å²) in [6.45, 7) is 7.46. The number of imidazole rings is 1. The third-order valence-corrected chi connectivity index (χ3v) is 5.84. The monoisotopic (exact) mass is 456 g/mol. The Kier molecular flexibility index (Phi) is 4.93. The fraction of sp³-hybridized carbons (Fsp3) is 0.348. The number of anilines is 1. The summed E-state index contributed by atoms with van der Waals surface area (Å²) in [7, 11) is 0. The summed E-state index contributed by atoms with van der Waals surface area (Å²) in [5.74, 6) is 0. The van der Waals surface area contributed by atoms with Crippen molar-refractivity contribution in [2.45, 2.75) is 39.0 Å². The smallest absolute Gasteiger partial charge is 0.367 e. The van der Waals surface area contributed by atoms with E-state index in [1.807, 2.05) is 6.07 Å². The molecule has 1 N–H and O–H groups in total. The first-order valence-electron chi connectivity index (χ1n) is 10.7. The van der Waals surface area contributed by atoms with Gasteiger partial charge in [0.2, 0.25) is 0 Å². The molecule has 5 rings (SSSR count). The van der Waals surface area contributed by atoms with E-state index in [0.29, 0.717) is 23.4 Å². The first kappa shape index (κ1) is 21.4. The van der Waals surface area contributed by atoms with Crippen molar-refractivity contribution >= 4 is 17.0 Å². The molecule has 0 spiro atoms. The van der Waals surface area contributed by atoms with E-state index < -0.39 is 11.7 Å². The molecule has 0 bridgehead atoms. The predicted octanol–water partition coefficient (Wildman–Crippen LogP) is 3.52. The molecule has 0 amide bonds. The van der Waals surface area contributed by atoms with Gasteiger partial charge in [-0.05, 0) is 39.0 Å². The first-order valence-corrected chi connectivity index (χ1v) is 10.7. The molecule has 7 nitrogen and oxygen atoms in total. The van der Waals surface area contributed by atoms with Crippen molar-refractivity contribution in [1.82, 2.24) is 24.1 Å². The summed E-state index contributed by atoms with van der Waals surface area (Å²) in [6, 6.07) is 6.50. The molecule has 172 valence electrons. The lowest BCUT2D eigenvalue weighted by Crippen LogP contribution is -2.54. The number of halogens is 3. The van der Waals surface area contributed by atoms with Crippen molar-refractivity contribution in [3.63, 3.8) is 0 Å². The third kappa shape index (κ3) is 3.95. The first-order chi connectivity index (χ1) is 15.6. The van der Waals surface area contributed by atoms with Crippen molar-refractivity contribution in [2.75, 3.05) is 18.0 Å². The molecule has 1 saturated heterocycles. The molecule has 1 aliphatic rings. The molecule has 4 aromatic rings. The van der Waals surface area contributed by atoms with Gasteiger partial charge in [-0.25, -0.2) is 9.97 Å². The van der Waals surface area contributed by atoms with Gasteiger partial charge in [0.1, 0.15) is 11.3 Å². The number of hydrogen-bond donors (Lipinski definition) is 1. The zero-order valence-corrected chi connectivity index (χ0v) is 18.4. The number of fused-ring (bicyclic) bond motifs is 2. The number of aromatic nitrogens is 4. The van der Waals surface area contributed by atoms with Crippen LogP contribution in [0.15, 0.2) is 47.7 Å². The van der Waals surface area contributed by atoms with Gasteiger partial charge in [0.25, 0.3) is 5.56 Å². The fourth-order valence-corrected chi connectivity index (χ4v) is 4.53. The molecule has 0 aromatic carbocycles.